The van der Waals surface area contributed by atoms with Crippen LogP contribution in [0.4, 0.5) is 5.82 Å². The Morgan fingerprint density at radius 1 is 0.939 bits per heavy atom. The maximum absolute atomic E-state index is 9.35. The van der Waals surface area contributed by atoms with Gasteiger partial charge in [0.25, 0.3) is 0 Å². The number of aryl methyl sites for hydroxylation is 1. The van der Waals surface area contributed by atoms with Gasteiger partial charge < -0.3 is 10.0 Å². The molecule has 1 fully saturated rings. The lowest BCUT2D eigenvalue weighted by atomic mass is 9.97. The molecule has 0 bridgehead atoms. The molecule has 3 heterocycles. The highest BCUT2D eigenvalue weighted by molar-refractivity contribution is 5.72. The lowest BCUT2D eigenvalue weighted by Crippen LogP contribution is -2.48. The van der Waals surface area contributed by atoms with Gasteiger partial charge in [0.05, 0.1) is 18.3 Å². The Morgan fingerprint density at radius 2 is 1.67 bits per heavy atom. The molecule has 0 amide bonds. The first-order valence-corrected chi connectivity index (χ1v) is 11.3. The summed E-state index contributed by atoms with van der Waals surface area (Å²) < 4.78 is 0. The zero-order valence-electron chi connectivity index (χ0n) is 18.7. The van der Waals surface area contributed by atoms with Gasteiger partial charge in [-0.15, -0.1) is 0 Å². The lowest BCUT2D eigenvalue weighted by molar-refractivity contribution is 0.211. The molecule has 7 heteroatoms. The van der Waals surface area contributed by atoms with E-state index in [1.807, 2.05) is 30.5 Å². The van der Waals surface area contributed by atoms with E-state index >= 15 is 0 Å². The first-order valence-electron chi connectivity index (χ1n) is 11.3. The smallest absolute Gasteiger partial charge is 0.155 e. The Kier molecular flexibility index (Phi) is 6.15. The summed E-state index contributed by atoms with van der Waals surface area (Å²) in [5.74, 6) is 0.907. The fraction of sp³-hybridized carbons (Fsp3) is 0.269. The summed E-state index contributed by atoms with van der Waals surface area (Å²) in [6.07, 6.45) is 5.52. The molecule has 2 aromatic heterocycles. The zero-order valence-corrected chi connectivity index (χ0v) is 18.7. The van der Waals surface area contributed by atoms with Crippen molar-refractivity contribution in [1.29, 1.82) is 0 Å². The molecular formula is C26H28N6O. The van der Waals surface area contributed by atoms with Crippen LogP contribution < -0.4 is 4.90 Å². The minimum atomic E-state index is 0.0360. The van der Waals surface area contributed by atoms with E-state index < -0.39 is 0 Å². The topological polar surface area (TPSA) is 81.2 Å². The average molecular weight is 441 g/mol. The van der Waals surface area contributed by atoms with Crippen LogP contribution in [0.5, 0.6) is 0 Å². The van der Waals surface area contributed by atoms with E-state index in [4.69, 9.17) is 4.98 Å². The Labute approximate surface area is 193 Å². The Balaban J connectivity index is 1.38. The molecule has 0 spiro atoms. The summed E-state index contributed by atoms with van der Waals surface area (Å²) in [5.41, 5.74) is 6.31. The summed E-state index contributed by atoms with van der Waals surface area (Å²) in [6, 6.07) is 18.7. The van der Waals surface area contributed by atoms with E-state index in [2.05, 4.69) is 62.2 Å². The maximum Gasteiger partial charge on any atom is 0.155 e. The van der Waals surface area contributed by atoms with Crippen LogP contribution >= 0.6 is 0 Å². The number of aliphatic hydroxyl groups excluding tert-OH is 1. The second kappa shape index (κ2) is 9.52. The van der Waals surface area contributed by atoms with Gasteiger partial charge in [-0.2, -0.15) is 5.10 Å². The van der Waals surface area contributed by atoms with Crippen molar-refractivity contribution < 1.29 is 5.11 Å². The molecule has 0 aliphatic carbocycles. The minimum Gasteiger partial charge on any atom is -0.392 e. The highest BCUT2D eigenvalue weighted by Crippen LogP contribution is 2.33. The van der Waals surface area contributed by atoms with Crippen LogP contribution in [0, 0.1) is 6.92 Å². The van der Waals surface area contributed by atoms with Crippen molar-refractivity contribution in [3.8, 4) is 11.3 Å². The van der Waals surface area contributed by atoms with E-state index in [0.29, 0.717) is 0 Å². The third-order valence-electron chi connectivity index (χ3n) is 6.35. The number of aromatic amines is 1. The van der Waals surface area contributed by atoms with Crippen LogP contribution in [0.15, 0.2) is 73.2 Å². The average Bonchev–Trinajstić information content (AvgIpc) is 3.30. The normalized spacial score (nSPS) is 15.5. The van der Waals surface area contributed by atoms with Gasteiger partial charge in [0.1, 0.15) is 5.69 Å². The number of piperazine rings is 1. The molecule has 7 nitrogen and oxygen atoms in total. The molecular weight excluding hydrogens is 412 g/mol. The number of hydrogen-bond donors (Lipinski definition) is 2. The van der Waals surface area contributed by atoms with Crippen LogP contribution in [0.25, 0.3) is 11.3 Å². The third kappa shape index (κ3) is 4.37. The van der Waals surface area contributed by atoms with Crippen molar-refractivity contribution >= 4 is 5.82 Å². The quantitative estimate of drug-likeness (QED) is 0.477. The van der Waals surface area contributed by atoms with Gasteiger partial charge in [-0.1, -0.05) is 54.6 Å². The van der Waals surface area contributed by atoms with Crippen molar-refractivity contribution in [2.45, 2.75) is 19.6 Å². The van der Waals surface area contributed by atoms with E-state index in [-0.39, 0.29) is 12.6 Å². The Morgan fingerprint density at radius 3 is 2.33 bits per heavy atom. The van der Waals surface area contributed by atoms with Gasteiger partial charge in [-0.05, 0) is 18.1 Å². The third-order valence-corrected chi connectivity index (χ3v) is 6.35. The molecule has 168 valence electrons. The monoisotopic (exact) mass is 440 g/mol. The largest absolute Gasteiger partial charge is 0.392 e. The SMILES string of the molecule is Cc1n[nH]cc1C(c1ccccc1)N1CCN(c2nccnc2-c2ccc(CO)cc2)CC1. The van der Waals surface area contributed by atoms with Crippen molar-refractivity contribution in [1.82, 2.24) is 25.1 Å². The van der Waals surface area contributed by atoms with Crippen LogP contribution in [-0.4, -0.2) is 56.4 Å². The molecule has 1 aliphatic heterocycles. The first-order chi connectivity index (χ1) is 16.2. The van der Waals surface area contributed by atoms with Crippen molar-refractivity contribution in [2.75, 3.05) is 31.1 Å². The van der Waals surface area contributed by atoms with Crippen molar-refractivity contribution in [3.63, 3.8) is 0 Å². The van der Waals surface area contributed by atoms with Gasteiger partial charge in [-0.3, -0.25) is 15.0 Å². The van der Waals surface area contributed by atoms with Crippen molar-refractivity contribution in [2.24, 2.45) is 0 Å². The van der Waals surface area contributed by atoms with Crippen LogP contribution in [0.2, 0.25) is 0 Å². The Hall–Kier alpha value is -3.55. The van der Waals surface area contributed by atoms with E-state index in [1.54, 1.807) is 12.4 Å². The summed E-state index contributed by atoms with van der Waals surface area (Å²) in [7, 11) is 0. The number of aromatic nitrogens is 4. The number of nitrogens with zero attached hydrogens (tertiary/aromatic N) is 5. The van der Waals surface area contributed by atoms with E-state index in [9.17, 15) is 5.11 Å². The molecule has 33 heavy (non-hydrogen) atoms. The van der Waals surface area contributed by atoms with E-state index in [1.165, 1.54) is 11.1 Å². The molecule has 2 N–H and O–H groups in total. The number of H-pyrrole nitrogens is 1. The maximum atomic E-state index is 9.35. The number of hydrogen-bond acceptors (Lipinski definition) is 6. The molecule has 1 unspecified atom stereocenters. The fourth-order valence-corrected chi connectivity index (χ4v) is 4.59. The van der Waals surface area contributed by atoms with Gasteiger partial charge >= 0.3 is 0 Å². The van der Waals surface area contributed by atoms with Crippen LogP contribution in [0.1, 0.15) is 28.4 Å². The zero-order chi connectivity index (χ0) is 22.6. The molecule has 0 radical (unpaired) electrons. The molecule has 1 saturated heterocycles. The standard InChI is InChI=1S/C26H28N6O/c1-19-23(17-29-30-19)25(22-5-3-2-4-6-22)31-13-15-32(16-14-31)26-24(27-11-12-28-26)21-9-7-20(18-33)8-10-21/h2-12,17,25,33H,13-16,18H2,1H3,(H,29,30). The molecule has 0 saturated carbocycles. The predicted molar refractivity (Wildman–Crippen MR) is 129 cm³/mol. The number of anilines is 1. The molecule has 1 aliphatic rings. The van der Waals surface area contributed by atoms with Gasteiger partial charge in [0.2, 0.25) is 0 Å². The Bertz CT molecular complexity index is 1180. The summed E-state index contributed by atoms with van der Waals surface area (Å²) in [4.78, 5) is 14.2. The minimum absolute atomic E-state index is 0.0360. The lowest BCUT2D eigenvalue weighted by Gasteiger charge is -2.40. The highest BCUT2D eigenvalue weighted by atomic mass is 16.3. The fourth-order valence-electron chi connectivity index (χ4n) is 4.59. The second-order valence-electron chi connectivity index (χ2n) is 8.35. The van der Waals surface area contributed by atoms with Gasteiger partial charge in [0.15, 0.2) is 5.82 Å². The highest BCUT2D eigenvalue weighted by Gasteiger charge is 2.29. The number of rotatable bonds is 6. The van der Waals surface area contributed by atoms with Crippen molar-refractivity contribution in [3.05, 3.63) is 95.6 Å². The van der Waals surface area contributed by atoms with Gasteiger partial charge in [-0.25, -0.2) is 4.98 Å². The second-order valence-corrected chi connectivity index (χ2v) is 8.35. The first kappa shape index (κ1) is 21.3. The van der Waals surface area contributed by atoms with E-state index in [0.717, 1.165) is 54.5 Å². The number of nitrogens with one attached hydrogen (secondary N) is 1. The summed E-state index contributed by atoms with van der Waals surface area (Å²) in [5, 5.41) is 16.8. The molecule has 1 atom stereocenters. The molecule has 2 aromatic carbocycles. The van der Waals surface area contributed by atoms with Crippen LogP contribution in [0.3, 0.4) is 0 Å². The van der Waals surface area contributed by atoms with Gasteiger partial charge in [0, 0.05) is 55.9 Å². The molecule has 5 rings (SSSR count). The predicted octanol–water partition coefficient (Wildman–Crippen LogP) is 3.58. The molecule has 4 aromatic rings. The summed E-state index contributed by atoms with van der Waals surface area (Å²) in [6.45, 7) is 5.63. The summed E-state index contributed by atoms with van der Waals surface area (Å²) >= 11 is 0. The number of benzene rings is 2. The van der Waals surface area contributed by atoms with Crippen LogP contribution in [-0.2, 0) is 6.61 Å². The number of aliphatic hydroxyl groups is 1.